The lowest BCUT2D eigenvalue weighted by Crippen LogP contribution is -2.11. The van der Waals surface area contributed by atoms with E-state index >= 15 is 0 Å². The lowest BCUT2D eigenvalue weighted by atomic mass is 10.2. The van der Waals surface area contributed by atoms with Gasteiger partial charge in [-0.3, -0.25) is 14.3 Å². The van der Waals surface area contributed by atoms with E-state index in [2.05, 4.69) is 20.9 Å². The van der Waals surface area contributed by atoms with Crippen molar-refractivity contribution in [3.05, 3.63) is 64.5 Å². The minimum absolute atomic E-state index is 0.0866. The lowest BCUT2D eigenvalue weighted by molar-refractivity contribution is 0.0699. The first-order valence-electron chi connectivity index (χ1n) is 6.06. The van der Waals surface area contributed by atoms with Crippen LogP contribution in [0.25, 0.3) is 10.9 Å². The molecule has 0 bridgehead atoms. The Bertz CT molecular complexity index is 856. The van der Waals surface area contributed by atoms with Crippen molar-refractivity contribution >= 4 is 38.7 Å². The zero-order valence-corrected chi connectivity index (χ0v) is 12.2. The molecule has 3 aromatic rings. The SMILES string of the molecule is O=C(O)c1cn(C(=O)c2cccnc2)c2ccc(Br)cc12. The summed E-state index contributed by atoms with van der Waals surface area (Å²) < 4.78 is 2.09. The van der Waals surface area contributed by atoms with E-state index in [4.69, 9.17) is 0 Å². The molecular formula is C15H9BrN2O3. The number of aromatic nitrogens is 2. The first-order chi connectivity index (χ1) is 10.1. The summed E-state index contributed by atoms with van der Waals surface area (Å²) >= 11 is 3.31. The Morgan fingerprint density at radius 2 is 2.05 bits per heavy atom. The highest BCUT2D eigenvalue weighted by molar-refractivity contribution is 9.10. The van der Waals surface area contributed by atoms with Gasteiger partial charge in [0.05, 0.1) is 16.6 Å². The van der Waals surface area contributed by atoms with Gasteiger partial charge < -0.3 is 5.11 Å². The molecule has 0 aliphatic carbocycles. The number of pyridine rings is 1. The molecule has 2 heterocycles. The average Bonchev–Trinajstić information content (AvgIpc) is 2.86. The third-order valence-corrected chi connectivity index (χ3v) is 3.62. The van der Waals surface area contributed by atoms with Crippen LogP contribution in [0.1, 0.15) is 20.7 Å². The first-order valence-corrected chi connectivity index (χ1v) is 6.86. The van der Waals surface area contributed by atoms with Crippen LogP contribution in [-0.4, -0.2) is 26.5 Å². The molecule has 0 aliphatic heterocycles. The molecule has 2 aromatic heterocycles. The summed E-state index contributed by atoms with van der Waals surface area (Å²) in [5.74, 6) is -1.39. The lowest BCUT2D eigenvalue weighted by Gasteiger charge is -2.03. The van der Waals surface area contributed by atoms with Crippen LogP contribution >= 0.6 is 15.9 Å². The minimum atomic E-state index is -1.07. The zero-order valence-electron chi connectivity index (χ0n) is 10.7. The molecule has 0 fully saturated rings. The van der Waals surface area contributed by atoms with Gasteiger partial charge in [0.1, 0.15) is 0 Å². The topological polar surface area (TPSA) is 72.2 Å². The van der Waals surface area contributed by atoms with Crippen molar-refractivity contribution in [3.63, 3.8) is 0 Å². The molecule has 0 radical (unpaired) electrons. The molecule has 5 nitrogen and oxygen atoms in total. The second kappa shape index (κ2) is 5.14. The Kier molecular flexibility index (Phi) is 3.31. The van der Waals surface area contributed by atoms with E-state index in [9.17, 15) is 14.7 Å². The molecule has 6 heteroatoms. The number of fused-ring (bicyclic) bond motifs is 1. The molecule has 0 unspecified atom stereocenters. The molecule has 0 spiro atoms. The Labute approximate surface area is 128 Å². The van der Waals surface area contributed by atoms with Gasteiger partial charge in [0, 0.05) is 28.4 Å². The highest BCUT2D eigenvalue weighted by Crippen LogP contribution is 2.26. The molecule has 21 heavy (non-hydrogen) atoms. The van der Waals surface area contributed by atoms with Crippen molar-refractivity contribution in [2.45, 2.75) is 0 Å². The zero-order chi connectivity index (χ0) is 15.0. The van der Waals surface area contributed by atoms with Gasteiger partial charge in [-0.1, -0.05) is 15.9 Å². The van der Waals surface area contributed by atoms with Crippen molar-refractivity contribution in [2.75, 3.05) is 0 Å². The van der Waals surface area contributed by atoms with Crippen LogP contribution in [0.15, 0.2) is 53.4 Å². The van der Waals surface area contributed by atoms with Crippen molar-refractivity contribution in [3.8, 4) is 0 Å². The number of rotatable bonds is 2. The van der Waals surface area contributed by atoms with Crippen LogP contribution in [0.5, 0.6) is 0 Å². The monoisotopic (exact) mass is 344 g/mol. The van der Waals surface area contributed by atoms with Crippen LogP contribution in [0.2, 0.25) is 0 Å². The smallest absolute Gasteiger partial charge is 0.337 e. The van der Waals surface area contributed by atoms with E-state index in [0.29, 0.717) is 16.5 Å². The molecule has 1 N–H and O–H groups in total. The Morgan fingerprint density at radius 3 is 2.71 bits per heavy atom. The first kappa shape index (κ1) is 13.5. The summed E-state index contributed by atoms with van der Waals surface area (Å²) in [5.41, 5.74) is 1.03. The fourth-order valence-electron chi connectivity index (χ4n) is 2.17. The van der Waals surface area contributed by atoms with E-state index in [1.807, 2.05) is 0 Å². The summed E-state index contributed by atoms with van der Waals surface area (Å²) in [6.07, 6.45) is 4.37. The minimum Gasteiger partial charge on any atom is -0.478 e. The van der Waals surface area contributed by atoms with Gasteiger partial charge in [-0.25, -0.2) is 4.79 Å². The van der Waals surface area contributed by atoms with E-state index in [-0.39, 0.29) is 11.5 Å². The molecule has 0 saturated carbocycles. The Morgan fingerprint density at radius 1 is 1.24 bits per heavy atom. The number of nitrogens with zero attached hydrogens (tertiary/aromatic N) is 2. The molecular weight excluding hydrogens is 336 g/mol. The third-order valence-electron chi connectivity index (χ3n) is 3.12. The van der Waals surface area contributed by atoms with Crippen LogP contribution in [-0.2, 0) is 0 Å². The number of benzene rings is 1. The molecule has 0 aliphatic rings. The fraction of sp³-hybridized carbons (Fsp3) is 0. The predicted octanol–water partition coefficient (Wildman–Crippen LogP) is 3.19. The van der Waals surface area contributed by atoms with Gasteiger partial charge in [-0.2, -0.15) is 0 Å². The Balaban J connectivity index is 2.24. The van der Waals surface area contributed by atoms with E-state index in [1.165, 1.54) is 17.0 Å². The normalized spacial score (nSPS) is 10.7. The van der Waals surface area contributed by atoms with Crippen LogP contribution in [0, 0.1) is 0 Å². The van der Waals surface area contributed by atoms with Gasteiger partial charge in [-0.05, 0) is 30.3 Å². The summed E-state index contributed by atoms with van der Waals surface area (Å²) in [6.45, 7) is 0. The number of carbonyl (C=O) groups is 2. The summed E-state index contributed by atoms with van der Waals surface area (Å²) in [7, 11) is 0. The number of carbonyl (C=O) groups excluding carboxylic acids is 1. The maximum Gasteiger partial charge on any atom is 0.337 e. The van der Waals surface area contributed by atoms with E-state index in [1.54, 1.807) is 36.5 Å². The molecule has 1 aromatic carbocycles. The predicted molar refractivity (Wildman–Crippen MR) is 80.6 cm³/mol. The largest absolute Gasteiger partial charge is 0.478 e. The van der Waals surface area contributed by atoms with Crippen LogP contribution in [0.4, 0.5) is 0 Å². The maximum atomic E-state index is 12.5. The number of aromatic carboxylic acids is 1. The highest BCUT2D eigenvalue weighted by atomic mass is 79.9. The van der Waals surface area contributed by atoms with Crippen molar-refractivity contribution in [1.82, 2.24) is 9.55 Å². The third kappa shape index (κ3) is 2.34. The van der Waals surface area contributed by atoms with Crippen molar-refractivity contribution in [2.24, 2.45) is 0 Å². The van der Waals surface area contributed by atoms with Gasteiger partial charge >= 0.3 is 5.97 Å². The highest BCUT2D eigenvalue weighted by Gasteiger charge is 2.19. The van der Waals surface area contributed by atoms with Gasteiger partial charge in [0.2, 0.25) is 0 Å². The van der Waals surface area contributed by atoms with Gasteiger partial charge in [0.15, 0.2) is 0 Å². The molecule has 0 atom stereocenters. The van der Waals surface area contributed by atoms with Crippen molar-refractivity contribution < 1.29 is 14.7 Å². The van der Waals surface area contributed by atoms with Crippen molar-refractivity contribution in [1.29, 1.82) is 0 Å². The van der Waals surface area contributed by atoms with Crippen LogP contribution < -0.4 is 0 Å². The summed E-state index contributed by atoms with van der Waals surface area (Å²) in [6, 6.07) is 8.46. The van der Waals surface area contributed by atoms with Gasteiger partial charge in [0.25, 0.3) is 5.91 Å². The molecule has 0 amide bonds. The number of hydrogen-bond donors (Lipinski definition) is 1. The number of hydrogen-bond acceptors (Lipinski definition) is 3. The second-order valence-electron chi connectivity index (χ2n) is 4.43. The fourth-order valence-corrected chi connectivity index (χ4v) is 2.53. The molecule has 104 valence electrons. The molecule has 3 rings (SSSR count). The van der Waals surface area contributed by atoms with E-state index in [0.717, 1.165) is 4.47 Å². The molecule has 0 saturated heterocycles. The van der Waals surface area contributed by atoms with E-state index < -0.39 is 5.97 Å². The number of carboxylic acid groups (broad SMARTS) is 1. The number of halogens is 1. The number of carboxylic acids is 1. The Hall–Kier alpha value is -2.47. The van der Waals surface area contributed by atoms with Gasteiger partial charge in [-0.15, -0.1) is 0 Å². The summed E-state index contributed by atoms with van der Waals surface area (Å²) in [4.78, 5) is 27.8. The quantitative estimate of drug-likeness (QED) is 0.774. The average molecular weight is 345 g/mol. The van der Waals surface area contributed by atoms with Crippen LogP contribution in [0.3, 0.4) is 0 Å². The second-order valence-corrected chi connectivity index (χ2v) is 5.34. The maximum absolute atomic E-state index is 12.5. The standard InChI is InChI=1S/C15H9BrN2O3/c16-10-3-4-13-11(6-10)12(15(20)21)8-18(13)14(19)9-2-1-5-17-7-9/h1-8H,(H,20,21). The summed E-state index contributed by atoms with van der Waals surface area (Å²) in [5, 5.41) is 9.80.